The van der Waals surface area contributed by atoms with E-state index < -0.39 is 30.4 Å². The van der Waals surface area contributed by atoms with Crippen molar-refractivity contribution in [2.45, 2.75) is 26.4 Å². The number of hydrogen-bond donors (Lipinski definition) is 3. The van der Waals surface area contributed by atoms with E-state index in [1.807, 2.05) is 0 Å². The number of aliphatic carboxylic acids is 1. The largest absolute Gasteiger partial charge is 0.481 e. The molecule has 2 amide bonds. The van der Waals surface area contributed by atoms with Gasteiger partial charge in [0.25, 0.3) is 0 Å². The number of rotatable bonds is 8. The molecule has 0 radical (unpaired) electrons. The number of thioether (sulfide) groups is 2. The van der Waals surface area contributed by atoms with Crippen molar-refractivity contribution in [3.8, 4) is 0 Å². The molecule has 0 aliphatic rings. The van der Waals surface area contributed by atoms with Gasteiger partial charge in [-0.1, -0.05) is 23.5 Å². The average Bonchev–Trinajstić information content (AvgIpc) is 2.33. The van der Waals surface area contributed by atoms with E-state index in [1.54, 1.807) is 0 Å². The molecule has 0 heterocycles. The fourth-order valence-electron chi connectivity index (χ4n) is 1.12. The molecule has 0 fully saturated rings. The van der Waals surface area contributed by atoms with Crippen molar-refractivity contribution in [2.75, 3.05) is 11.5 Å². The average molecular weight is 336 g/mol. The summed E-state index contributed by atoms with van der Waals surface area (Å²) >= 11 is 1.55. The molecule has 0 aromatic carbocycles. The van der Waals surface area contributed by atoms with Gasteiger partial charge in [0, 0.05) is 13.8 Å². The molecule has 3 N–H and O–H groups in total. The first kappa shape index (κ1) is 19.4. The fourth-order valence-corrected chi connectivity index (χ4v) is 1.95. The molecule has 10 heteroatoms. The zero-order valence-electron chi connectivity index (χ0n) is 11.5. The van der Waals surface area contributed by atoms with Gasteiger partial charge in [-0.2, -0.15) is 0 Å². The Balaban J connectivity index is 4.40. The maximum Gasteiger partial charge on any atom is 0.307 e. The van der Waals surface area contributed by atoms with Crippen LogP contribution in [0.1, 0.15) is 20.3 Å². The van der Waals surface area contributed by atoms with E-state index in [0.717, 1.165) is 23.5 Å². The summed E-state index contributed by atoms with van der Waals surface area (Å²) in [4.78, 5) is 55.1. The summed E-state index contributed by atoms with van der Waals surface area (Å²) in [5, 5.41) is 12.8. The van der Waals surface area contributed by atoms with Crippen LogP contribution in [0.3, 0.4) is 0 Å². The summed E-state index contributed by atoms with van der Waals surface area (Å²) < 4.78 is 0. The van der Waals surface area contributed by atoms with Crippen LogP contribution >= 0.6 is 23.5 Å². The smallest absolute Gasteiger partial charge is 0.307 e. The Morgan fingerprint density at radius 2 is 1.29 bits per heavy atom. The van der Waals surface area contributed by atoms with Crippen LogP contribution in [0.2, 0.25) is 0 Å². The third-order valence-electron chi connectivity index (χ3n) is 1.86. The second kappa shape index (κ2) is 10.2. The van der Waals surface area contributed by atoms with Gasteiger partial charge in [-0.15, -0.1) is 0 Å². The second-order valence-corrected chi connectivity index (χ2v) is 6.15. The second-order valence-electron chi connectivity index (χ2n) is 3.85. The molecular formula is C11H16N2O6S2. The molecule has 0 bridgehead atoms. The SMILES string of the molecule is CC(=O)SCC(=O)NC(CC(=O)O)NC(=O)CSC(C)=O. The molecule has 0 atom stereocenters. The zero-order valence-corrected chi connectivity index (χ0v) is 13.1. The van der Waals surface area contributed by atoms with Crippen molar-refractivity contribution in [1.29, 1.82) is 0 Å². The Morgan fingerprint density at radius 1 is 0.905 bits per heavy atom. The summed E-state index contributed by atoms with van der Waals surface area (Å²) in [5.41, 5.74) is 0. The lowest BCUT2D eigenvalue weighted by Crippen LogP contribution is -2.50. The lowest BCUT2D eigenvalue weighted by Gasteiger charge is -2.18. The van der Waals surface area contributed by atoms with E-state index in [9.17, 15) is 24.0 Å². The number of carbonyl (C=O) groups excluding carboxylic acids is 4. The van der Waals surface area contributed by atoms with Crippen molar-refractivity contribution in [2.24, 2.45) is 0 Å². The summed E-state index contributed by atoms with van der Waals surface area (Å²) in [6.07, 6.45) is -1.60. The molecule has 0 saturated heterocycles. The van der Waals surface area contributed by atoms with Gasteiger partial charge in [-0.25, -0.2) is 0 Å². The van der Waals surface area contributed by atoms with Crippen LogP contribution in [0.15, 0.2) is 0 Å². The first-order valence-corrected chi connectivity index (χ1v) is 7.75. The lowest BCUT2D eigenvalue weighted by atomic mass is 10.3. The third kappa shape index (κ3) is 11.9. The molecule has 0 rings (SSSR count). The van der Waals surface area contributed by atoms with Gasteiger partial charge in [0.2, 0.25) is 11.8 Å². The Kier molecular flexibility index (Phi) is 9.46. The topological polar surface area (TPSA) is 130 Å². The number of carboxylic acids is 1. The minimum Gasteiger partial charge on any atom is -0.481 e. The van der Waals surface area contributed by atoms with Gasteiger partial charge in [0.05, 0.1) is 17.9 Å². The number of carboxylic acid groups (broad SMARTS) is 1. The number of nitrogens with one attached hydrogen (secondary N) is 2. The fraction of sp³-hybridized carbons (Fsp3) is 0.545. The van der Waals surface area contributed by atoms with Crippen molar-refractivity contribution < 1.29 is 29.1 Å². The highest BCUT2D eigenvalue weighted by molar-refractivity contribution is 8.14. The molecule has 8 nitrogen and oxygen atoms in total. The van der Waals surface area contributed by atoms with Gasteiger partial charge in [0.15, 0.2) is 10.2 Å². The highest BCUT2D eigenvalue weighted by atomic mass is 32.2. The highest BCUT2D eigenvalue weighted by Gasteiger charge is 2.18. The molecule has 0 spiro atoms. The first-order chi connectivity index (χ1) is 9.70. The molecule has 0 unspecified atom stereocenters. The van der Waals surface area contributed by atoms with Gasteiger partial charge >= 0.3 is 5.97 Å². The maximum atomic E-state index is 11.5. The van der Waals surface area contributed by atoms with E-state index >= 15 is 0 Å². The van der Waals surface area contributed by atoms with E-state index in [1.165, 1.54) is 13.8 Å². The van der Waals surface area contributed by atoms with Gasteiger partial charge < -0.3 is 15.7 Å². The Hall–Kier alpha value is -1.55. The van der Waals surface area contributed by atoms with Crippen LogP contribution < -0.4 is 10.6 Å². The Bertz CT molecular complexity index is 408. The summed E-state index contributed by atoms with van der Waals surface area (Å²) in [5.74, 6) is -2.67. The molecule has 21 heavy (non-hydrogen) atoms. The molecule has 0 aromatic rings. The Morgan fingerprint density at radius 3 is 1.57 bits per heavy atom. The zero-order chi connectivity index (χ0) is 16.4. The van der Waals surface area contributed by atoms with Crippen molar-refractivity contribution >= 4 is 51.5 Å². The minimum absolute atomic E-state index is 0.163. The van der Waals surface area contributed by atoms with Gasteiger partial charge in [-0.3, -0.25) is 24.0 Å². The van der Waals surface area contributed by atoms with Crippen molar-refractivity contribution in [3.05, 3.63) is 0 Å². The monoisotopic (exact) mass is 336 g/mol. The van der Waals surface area contributed by atoms with Crippen LogP contribution in [-0.4, -0.2) is 50.8 Å². The molecule has 118 valence electrons. The van der Waals surface area contributed by atoms with Gasteiger partial charge in [0.1, 0.15) is 6.17 Å². The van der Waals surface area contributed by atoms with Crippen LogP contribution in [0.5, 0.6) is 0 Å². The van der Waals surface area contributed by atoms with Crippen LogP contribution in [0.4, 0.5) is 0 Å². The lowest BCUT2D eigenvalue weighted by molar-refractivity contribution is -0.138. The number of amides is 2. The highest BCUT2D eigenvalue weighted by Crippen LogP contribution is 2.02. The Labute approximate surface area is 129 Å². The van der Waals surface area contributed by atoms with E-state index in [-0.39, 0.29) is 21.7 Å². The predicted octanol–water partition coefficient (Wildman–Crippen LogP) is -0.421. The van der Waals surface area contributed by atoms with Gasteiger partial charge in [-0.05, 0) is 0 Å². The van der Waals surface area contributed by atoms with E-state index in [4.69, 9.17) is 5.11 Å². The van der Waals surface area contributed by atoms with E-state index in [2.05, 4.69) is 10.6 Å². The predicted molar refractivity (Wildman–Crippen MR) is 78.6 cm³/mol. The summed E-state index contributed by atoms with van der Waals surface area (Å²) in [6, 6.07) is 0. The standard InChI is InChI=1S/C11H16N2O6S2/c1-6(14)20-4-9(16)12-8(3-11(18)19)13-10(17)5-21-7(2)15/h8H,3-5H2,1-2H3,(H,12,16)(H,13,17)(H,18,19). The molecular weight excluding hydrogens is 320 g/mol. The van der Waals surface area contributed by atoms with Crippen LogP contribution in [0.25, 0.3) is 0 Å². The summed E-state index contributed by atoms with van der Waals surface area (Å²) in [6.45, 7) is 2.60. The number of hydrogen-bond acceptors (Lipinski definition) is 7. The maximum absolute atomic E-state index is 11.5. The summed E-state index contributed by atoms with van der Waals surface area (Å²) in [7, 11) is 0. The van der Waals surface area contributed by atoms with E-state index in [0.29, 0.717) is 0 Å². The van der Waals surface area contributed by atoms with Crippen LogP contribution in [-0.2, 0) is 24.0 Å². The molecule has 0 aliphatic carbocycles. The van der Waals surface area contributed by atoms with Crippen molar-refractivity contribution in [1.82, 2.24) is 10.6 Å². The molecule has 0 aliphatic heterocycles. The first-order valence-electron chi connectivity index (χ1n) is 5.78. The van der Waals surface area contributed by atoms with Crippen molar-refractivity contribution in [3.63, 3.8) is 0 Å². The number of carbonyl (C=O) groups is 5. The molecule has 0 saturated carbocycles. The normalized spacial score (nSPS) is 10.0. The van der Waals surface area contributed by atoms with Crippen LogP contribution in [0, 0.1) is 0 Å². The minimum atomic E-state index is -1.21. The molecule has 0 aromatic heterocycles. The third-order valence-corrected chi connectivity index (χ3v) is 3.49. The quantitative estimate of drug-likeness (QED) is 0.510.